The molecule has 1 aliphatic carbocycles. The van der Waals surface area contributed by atoms with Crippen LogP contribution in [0.4, 0.5) is 0 Å². The number of fused-ring (bicyclic) bond motifs is 1. The molecule has 0 unspecified atom stereocenters. The average Bonchev–Trinajstić information content (AvgIpc) is 2.45. The summed E-state index contributed by atoms with van der Waals surface area (Å²) in [6, 6.07) is 6.99. The Balaban J connectivity index is 1.74. The predicted molar refractivity (Wildman–Crippen MR) is 90.4 cm³/mol. The van der Waals surface area contributed by atoms with E-state index < -0.39 is 5.60 Å². The highest BCUT2D eigenvalue weighted by molar-refractivity contribution is 7.99. The molecule has 1 atom stereocenters. The van der Waals surface area contributed by atoms with Gasteiger partial charge in [-0.2, -0.15) is 11.8 Å². The van der Waals surface area contributed by atoms with Crippen LogP contribution >= 0.6 is 11.8 Å². The predicted octanol–water partition coefficient (Wildman–Crippen LogP) is 2.65. The van der Waals surface area contributed by atoms with Gasteiger partial charge in [0.25, 0.3) is 0 Å². The van der Waals surface area contributed by atoms with Gasteiger partial charge in [-0.3, -0.25) is 0 Å². The van der Waals surface area contributed by atoms with Crippen LogP contribution in [0, 0.1) is 0 Å². The van der Waals surface area contributed by atoms with Crippen LogP contribution in [-0.2, 0) is 12.8 Å². The summed E-state index contributed by atoms with van der Waals surface area (Å²) in [6.07, 6.45) is 3.44. The summed E-state index contributed by atoms with van der Waals surface area (Å²) in [7, 11) is 1.72. The van der Waals surface area contributed by atoms with Gasteiger partial charge in [-0.05, 0) is 56.4 Å². The highest BCUT2D eigenvalue weighted by Crippen LogP contribution is 2.25. The topological polar surface area (TPSA) is 41.5 Å². The fourth-order valence-corrected chi connectivity index (χ4v) is 3.60. The van der Waals surface area contributed by atoms with Crippen LogP contribution in [0.2, 0.25) is 0 Å². The molecule has 2 N–H and O–H groups in total. The van der Waals surface area contributed by atoms with Crippen LogP contribution < -0.4 is 10.1 Å². The SMILES string of the molecule is COc1ccc2c(c1)C[C@@H](NCCSCC(C)(C)O)CC2. The van der Waals surface area contributed by atoms with Crippen LogP contribution in [0.5, 0.6) is 5.75 Å². The molecule has 2 rings (SSSR count). The van der Waals surface area contributed by atoms with Gasteiger partial charge in [-0.1, -0.05) is 6.07 Å². The van der Waals surface area contributed by atoms with Gasteiger partial charge in [0.05, 0.1) is 12.7 Å². The molecule has 0 saturated heterocycles. The Morgan fingerprint density at radius 1 is 1.38 bits per heavy atom. The number of aryl methyl sites for hydroxylation is 1. The summed E-state index contributed by atoms with van der Waals surface area (Å²) in [5.74, 6) is 2.79. The third-order valence-electron chi connectivity index (χ3n) is 3.78. The molecular formula is C17H27NO2S. The van der Waals surface area contributed by atoms with Crippen molar-refractivity contribution < 1.29 is 9.84 Å². The van der Waals surface area contributed by atoms with Crippen molar-refractivity contribution >= 4 is 11.8 Å². The molecule has 0 aromatic heterocycles. The lowest BCUT2D eigenvalue weighted by Crippen LogP contribution is -2.36. The average molecular weight is 309 g/mol. The van der Waals surface area contributed by atoms with Gasteiger partial charge in [0.15, 0.2) is 0 Å². The van der Waals surface area contributed by atoms with Crippen molar-refractivity contribution in [3.63, 3.8) is 0 Å². The molecule has 1 aromatic rings. The van der Waals surface area contributed by atoms with E-state index in [0.717, 1.165) is 36.6 Å². The molecule has 0 amide bonds. The molecule has 4 heteroatoms. The van der Waals surface area contributed by atoms with Gasteiger partial charge in [-0.25, -0.2) is 0 Å². The Morgan fingerprint density at radius 2 is 2.19 bits per heavy atom. The molecule has 1 aliphatic rings. The maximum atomic E-state index is 9.67. The third-order valence-corrected chi connectivity index (χ3v) is 5.18. The molecule has 21 heavy (non-hydrogen) atoms. The zero-order valence-electron chi connectivity index (χ0n) is 13.3. The van der Waals surface area contributed by atoms with Crippen molar-refractivity contribution in [3.05, 3.63) is 29.3 Å². The van der Waals surface area contributed by atoms with Gasteiger partial charge in [0.2, 0.25) is 0 Å². The molecule has 0 fully saturated rings. The Labute approximate surface area is 132 Å². The summed E-state index contributed by atoms with van der Waals surface area (Å²) in [6.45, 7) is 4.72. The molecule has 0 spiro atoms. The van der Waals surface area contributed by atoms with Crippen molar-refractivity contribution in [1.82, 2.24) is 5.32 Å². The minimum absolute atomic E-state index is 0.562. The summed E-state index contributed by atoms with van der Waals surface area (Å²) in [4.78, 5) is 0. The smallest absolute Gasteiger partial charge is 0.119 e. The number of nitrogens with one attached hydrogen (secondary N) is 1. The van der Waals surface area contributed by atoms with Gasteiger partial charge in [0, 0.05) is 24.1 Å². The van der Waals surface area contributed by atoms with E-state index in [4.69, 9.17) is 4.74 Å². The molecule has 118 valence electrons. The fraction of sp³-hybridized carbons (Fsp3) is 0.647. The number of ether oxygens (including phenoxy) is 1. The van der Waals surface area contributed by atoms with Crippen molar-refractivity contribution in [2.75, 3.05) is 25.2 Å². The summed E-state index contributed by atoms with van der Waals surface area (Å²) < 4.78 is 5.31. The summed E-state index contributed by atoms with van der Waals surface area (Å²) in [5.41, 5.74) is 2.32. The zero-order chi connectivity index (χ0) is 15.3. The standard InChI is InChI=1S/C17H27NO2S/c1-17(2,19)12-21-9-8-18-15-6-4-13-5-7-16(20-3)11-14(13)10-15/h5,7,11,15,18-19H,4,6,8-10,12H2,1-3H3/t15-/m0/s1. The quantitative estimate of drug-likeness (QED) is 0.760. The highest BCUT2D eigenvalue weighted by atomic mass is 32.2. The number of benzene rings is 1. The normalized spacial score (nSPS) is 18.4. The molecule has 0 radical (unpaired) electrons. The first-order valence-corrected chi connectivity index (χ1v) is 8.83. The molecule has 0 heterocycles. The fourth-order valence-electron chi connectivity index (χ4n) is 2.69. The number of hydrogen-bond donors (Lipinski definition) is 2. The number of rotatable bonds is 7. The highest BCUT2D eigenvalue weighted by Gasteiger charge is 2.18. The van der Waals surface area contributed by atoms with E-state index in [9.17, 15) is 5.11 Å². The third kappa shape index (κ3) is 5.53. The van der Waals surface area contributed by atoms with E-state index in [-0.39, 0.29) is 0 Å². The van der Waals surface area contributed by atoms with E-state index in [1.807, 2.05) is 25.6 Å². The number of methoxy groups -OCH3 is 1. The first-order valence-electron chi connectivity index (χ1n) is 7.67. The first-order chi connectivity index (χ1) is 9.98. The van der Waals surface area contributed by atoms with Crippen LogP contribution in [0.25, 0.3) is 0 Å². The largest absolute Gasteiger partial charge is 0.497 e. The second-order valence-electron chi connectivity index (χ2n) is 6.39. The number of hydrogen-bond acceptors (Lipinski definition) is 4. The van der Waals surface area contributed by atoms with E-state index in [1.54, 1.807) is 7.11 Å². The summed E-state index contributed by atoms with van der Waals surface area (Å²) in [5, 5.41) is 13.3. The molecule has 1 aromatic carbocycles. The lowest BCUT2D eigenvalue weighted by atomic mass is 9.88. The zero-order valence-corrected chi connectivity index (χ0v) is 14.1. The van der Waals surface area contributed by atoms with Gasteiger partial charge in [-0.15, -0.1) is 0 Å². The summed E-state index contributed by atoms with van der Waals surface area (Å²) >= 11 is 1.81. The maximum Gasteiger partial charge on any atom is 0.119 e. The monoisotopic (exact) mass is 309 g/mol. The molecule has 0 bridgehead atoms. The second kappa shape index (κ2) is 7.52. The van der Waals surface area contributed by atoms with Crippen LogP contribution in [0.15, 0.2) is 18.2 Å². The van der Waals surface area contributed by atoms with E-state index in [0.29, 0.717) is 6.04 Å². The van der Waals surface area contributed by atoms with Gasteiger partial charge in [0.1, 0.15) is 5.75 Å². The van der Waals surface area contributed by atoms with Crippen LogP contribution in [0.1, 0.15) is 31.4 Å². The van der Waals surface area contributed by atoms with Crippen LogP contribution in [-0.4, -0.2) is 41.9 Å². The van der Waals surface area contributed by atoms with Crippen molar-refractivity contribution in [2.45, 2.75) is 44.8 Å². The van der Waals surface area contributed by atoms with Gasteiger partial charge < -0.3 is 15.2 Å². The molecular weight excluding hydrogens is 282 g/mol. The molecule has 0 saturated carbocycles. The van der Waals surface area contributed by atoms with Crippen molar-refractivity contribution in [3.8, 4) is 5.75 Å². The molecule has 3 nitrogen and oxygen atoms in total. The Morgan fingerprint density at radius 3 is 2.90 bits per heavy atom. The van der Waals surface area contributed by atoms with Gasteiger partial charge >= 0.3 is 0 Å². The Kier molecular flexibility index (Phi) is 5.97. The minimum Gasteiger partial charge on any atom is -0.497 e. The minimum atomic E-state index is -0.564. The lowest BCUT2D eigenvalue weighted by Gasteiger charge is -2.26. The van der Waals surface area contributed by atoms with E-state index in [1.165, 1.54) is 17.5 Å². The first kappa shape index (κ1) is 16.7. The van der Waals surface area contributed by atoms with Crippen LogP contribution in [0.3, 0.4) is 0 Å². The molecule has 0 aliphatic heterocycles. The Hall–Kier alpha value is -0.710. The lowest BCUT2D eigenvalue weighted by molar-refractivity contribution is 0.107. The van der Waals surface area contributed by atoms with E-state index in [2.05, 4.69) is 23.5 Å². The number of aliphatic hydroxyl groups is 1. The second-order valence-corrected chi connectivity index (χ2v) is 7.50. The number of thioether (sulfide) groups is 1. The van der Waals surface area contributed by atoms with Crippen molar-refractivity contribution in [1.29, 1.82) is 0 Å². The Bertz CT molecular complexity index is 457. The van der Waals surface area contributed by atoms with Crippen molar-refractivity contribution in [2.24, 2.45) is 0 Å². The van der Waals surface area contributed by atoms with E-state index >= 15 is 0 Å². The maximum absolute atomic E-state index is 9.67.